The lowest BCUT2D eigenvalue weighted by atomic mass is 9.49. The quantitative estimate of drug-likeness (QED) is 0.811. The summed E-state index contributed by atoms with van der Waals surface area (Å²) < 4.78 is 15.3. The molecule has 5 rings (SSSR count). The minimum Gasteiger partial charge on any atom is -0.387 e. The van der Waals surface area contributed by atoms with Crippen LogP contribution in [0.15, 0.2) is 18.7 Å². The molecule has 0 aromatic carbocycles. The van der Waals surface area contributed by atoms with Crippen LogP contribution in [0.25, 0.3) is 0 Å². The highest BCUT2D eigenvalue weighted by Gasteiger charge is 2.58. The van der Waals surface area contributed by atoms with Crippen LogP contribution in [0.5, 0.6) is 0 Å². The molecular formula is C24H35FN2O2. The van der Waals surface area contributed by atoms with Gasteiger partial charge in [0.25, 0.3) is 0 Å². The standard InChI is InChI=1S/C24H35FN2O2/c1-23-8-6-18-17-7-9-24(29,14-25)12-16(17)2-3-19(18)20(23)4-5-21(23)22(28)13-27-11-10-26-15-27/h10-11,15-21,29H,2-9,12-14H2,1H3. The number of hydrogen-bond acceptors (Lipinski definition) is 3. The van der Waals surface area contributed by atoms with E-state index < -0.39 is 12.3 Å². The summed E-state index contributed by atoms with van der Waals surface area (Å²) in [6.45, 7) is 2.26. The third kappa shape index (κ3) is 3.19. The molecule has 4 nitrogen and oxygen atoms in total. The first-order valence-corrected chi connectivity index (χ1v) is 11.7. The van der Waals surface area contributed by atoms with Crippen molar-refractivity contribution in [2.45, 2.75) is 76.9 Å². The first-order valence-electron chi connectivity index (χ1n) is 11.7. The van der Waals surface area contributed by atoms with Gasteiger partial charge in [-0.3, -0.25) is 4.79 Å². The molecule has 1 heterocycles. The van der Waals surface area contributed by atoms with E-state index >= 15 is 0 Å². The zero-order valence-corrected chi connectivity index (χ0v) is 17.6. The minimum absolute atomic E-state index is 0.139. The second-order valence-electron chi connectivity index (χ2n) is 10.9. The van der Waals surface area contributed by atoms with E-state index in [1.54, 1.807) is 12.5 Å². The fourth-order valence-electron chi connectivity index (χ4n) is 8.28. The van der Waals surface area contributed by atoms with Crippen molar-refractivity contribution in [3.63, 3.8) is 0 Å². The Morgan fingerprint density at radius 1 is 1.14 bits per heavy atom. The molecule has 4 aliphatic carbocycles. The molecule has 1 aromatic rings. The van der Waals surface area contributed by atoms with Gasteiger partial charge in [0.15, 0.2) is 5.78 Å². The largest absolute Gasteiger partial charge is 0.387 e. The lowest BCUT2D eigenvalue weighted by molar-refractivity contribution is -0.134. The number of hydrogen-bond donors (Lipinski definition) is 1. The van der Waals surface area contributed by atoms with Crippen LogP contribution in [-0.4, -0.2) is 32.7 Å². The molecule has 0 radical (unpaired) electrons. The van der Waals surface area contributed by atoms with E-state index in [2.05, 4.69) is 11.9 Å². The molecule has 4 aliphatic rings. The predicted molar refractivity (Wildman–Crippen MR) is 109 cm³/mol. The van der Waals surface area contributed by atoms with Gasteiger partial charge >= 0.3 is 0 Å². The fourth-order valence-corrected chi connectivity index (χ4v) is 8.28. The van der Waals surface area contributed by atoms with Crippen molar-refractivity contribution in [2.75, 3.05) is 6.67 Å². The van der Waals surface area contributed by atoms with E-state index in [0.717, 1.165) is 37.5 Å². The Labute approximate surface area is 173 Å². The smallest absolute Gasteiger partial charge is 0.156 e. The zero-order valence-electron chi connectivity index (χ0n) is 17.6. The Bertz CT molecular complexity index is 752. The molecule has 0 bridgehead atoms. The minimum atomic E-state index is -1.06. The zero-order chi connectivity index (χ0) is 20.2. The van der Waals surface area contributed by atoms with Gasteiger partial charge in [-0.1, -0.05) is 6.92 Å². The van der Waals surface area contributed by atoms with E-state index in [4.69, 9.17) is 0 Å². The normalized spacial score (nSPS) is 46.6. The van der Waals surface area contributed by atoms with Crippen LogP contribution in [0.3, 0.4) is 0 Å². The van der Waals surface area contributed by atoms with Gasteiger partial charge in [0.1, 0.15) is 6.67 Å². The molecule has 4 fully saturated rings. The Kier molecular flexibility index (Phi) is 4.88. The van der Waals surface area contributed by atoms with E-state index in [1.165, 1.54) is 19.3 Å². The number of Topliss-reactive ketones (excluding diaryl/α,β-unsaturated/α-hetero) is 1. The van der Waals surface area contributed by atoms with Gasteiger partial charge in [0.2, 0.25) is 0 Å². The van der Waals surface area contributed by atoms with Crippen LogP contribution in [-0.2, 0) is 11.3 Å². The molecule has 1 aromatic heterocycles. The Balaban J connectivity index is 1.31. The van der Waals surface area contributed by atoms with Crippen molar-refractivity contribution in [3.8, 4) is 0 Å². The van der Waals surface area contributed by atoms with Crippen LogP contribution < -0.4 is 0 Å². The number of halogens is 1. The van der Waals surface area contributed by atoms with Crippen molar-refractivity contribution in [2.24, 2.45) is 40.9 Å². The summed E-state index contributed by atoms with van der Waals surface area (Å²) in [7, 11) is 0. The molecule has 0 aliphatic heterocycles. The molecule has 160 valence electrons. The highest BCUT2D eigenvalue weighted by molar-refractivity contribution is 5.82. The van der Waals surface area contributed by atoms with Crippen LogP contribution in [0.1, 0.15) is 64.7 Å². The number of imidazole rings is 1. The molecule has 0 spiro atoms. The van der Waals surface area contributed by atoms with E-state index in [0.29, 0.717) is 42.9 Å². The van der Waals surface area contributed by atoms with Crippen molar-refractivity contribution in [1.82, 2.24) is 9.55 Å². The molecule has 1 N–H and O–H groups in total. The second-order valence-corrected chi connectivity index (χ2v) is 10.9. The number of nitrogens with zero attached hydrogens (tertiary/aromatic N) is 2. The van der Waals surface area contributed by atoms with Crippen LogP contribution in [0, 0.1) is 40.9 Å². The Morgan fingerprint density at radius 2 is 1.97 bits per heavy atom. The van der Waals surface area contributed by atoms with Crippen LogP contribution in [0.4, 0.5) is 4.39 Å². The summed E-state index contributed by atoms with van der Waals surface area (Å²) in [5.41, 5.74) is -0.921. The van der Waals surface area contributed by atoms with Crippen molar-refractivity contribution >= 4 is 5.78 Å². The van der Waals surface area contributed by atoms with E-state index in [-0.39, 0.29) is 11.3 Å². The summed E-state index contributed by atoms with van der Waals surface area (Å²) in [4.78, 5) is 17.2. The second kappa shape index (κ2) is 7.18. The Hall–Kier alpha value is -1.23. The van der Waals surface area contributed by atoms with Crippen LogP contribution in [0.2, 0.25) is 0 Å². The van der Waals surface area contributed by atoms with Gasteiger partial charge in [0.05, 0.1) is 18.5 Å². The van der Waals surface area contributed by atoms with Gasteiger partial charge in [-0.25, -0.2) is 9.37 Å². The summed E-state index contributed by atoms with van der Waals surface area (Å²) >= 11 is 0. The fraction of sp³-hybridized carbons (Fsp3) is 0.833. The summed E-state index contributed by atoms with van der Waals surface area (Å²) in [6, 6.07) is 0. The topological polar surface area (TPSA) is 55.1 Å². The summed E-state index contributed by atoms with van der Waals surface area (Å²) in [6.07, 6.45) is 14.6. The highest BCUT2D eigenvalue weighted by Crippen LogP contribution is 2.64. The number of ketones is 1. The van der Waals surface area contributed by atoms with E-state index in [9.17, 15) is 14.3 Å². The first-order chi connectivity index (χ1) is 13.9. The average molecular weight is 403 g/mol. The number of alkyl halides is 1. The molecule has 0 amide bonds. The van der Waals surface area contributed by atoms with Gasteiger partial charge in [-0.2, -0.15) is 0 Å². The van der Waals surface area contributed by atoms with Gasteiger partial charge < -0.3 is 9.67 Å². The van der Waals surface area contributed by atoms with Crippen molar-refractivity contribution < 1.29 is 14.3 Å². The summed E-state index contributed by atoms with van der Waals surface area (Å²) in [5, 5.41) is 10.5. The lowest BCUT2D eigenvalue weighted by Crippen LogP contribution is -2.52. The number of carbonyl (C=O) groups excluding carboxylic acids is 1. The Morgan fingerprint density at radius 3 is 2.72 bits per heavy atom. The third-order valence-corrected chi connectivity index (χ3v) is 9.64. The lowest BCUT2D eigenvalue weighted by Gasteiger charge is -2.57. The molecule has 29 heavy (non-hydrogen) atoms. The first kappa shape index (κ1) is 19.7. The third-order valence-electron chi connectivity index (χ3n) is 9.64. The number of carbonyl (C=O) groups is 1. The molecule has 8 atom stereocenters. The van der Waals surface area contributed by atoms with E-state index in [1.807, 2.05) is 10.8 Å². The average Bonchev–Trinajstić information content (AvgIpc) is 3.34. The van der Waals surface area contributed by atoms with Gasteiger partial charge in [-0.15, -0.1) is 0 Å². The molecule has 4 saturated carbocycles. The van der Waals surface area contributed by atoms with Crippen molar-refractivity contribution in [3.05, 3.63) is 18.7 Å². The predicted octanol–water partition coefficient (Wildman–Crippen LogP) is 4.42. The maximum absolute atomic E-state index is 13.3. The highest BCUT2D eigenvalue weighted by atomic mass is 19.1. The number of aromatic nitrogens is 2. The molecule has 8 unspecified atom stereocenters. The number of aliphatic hydroxyl groups is 1. The maximum Gasteiger partial charge on any atom is 0.156 e. The number of rotatable bonds is 4. The maximum atomic E-state index is 13.3. The van der Waals surface area contributed by atoms with Gasteiger partial charge in [0, 0.05) is 18.3 Å². The van der Waals surface area contributed by atoms with Gasteiger partial charge in [-0.05, 0) is 92.8 Å². The number of fused-ring (bicyclic) bond motifs is 5. The molecule has 0 saturated heterocycles. The van der Waals surface area contributed by atoms with Crippen molar-refractivity contribution in [1.29, 1.82) is 0 Å². The van der Waals surface area contributed by atoms with Crippen LogP contribution >= 0.6 is 0 Å². The SMILES string of the molecule is CC12CCC3C4CCC(O)(CF)CC4CCC3C1CCC2C(=O)Cn1ccnc1. The monoisotopic (exact) mass is 402 g/mol. The summed E-state index contributed by atoms with van der Waals surface area (Å²) in [5.74, 6) is 3.81. The molecule has 5 heteroatoms. The molecular weight excluding hydrogens is 367 g/mol.